The van der Waals surface area contributed by atoms with Gasteiger partial charge in [0.1, 0.15) is 34.6 Å². The molecule has 0 saturated heterocycles. The van der Waals surface area contributed by atoms with Crippen LogP contribution < -0.4 is 11.0 Å². The number of amidine groups is 4. The molecular formula is C43H38N8Y25-4. The molecule has 0 bridgehead atoms. The van der Waals surface area contributed by atoms with Gasteiger partial charge in [-0.25, -0.2) is 57.7 Å². The quantitative estimate of drug-likeness (QED) is 0.115. The Morgan fingerprint density at radius 3 is 1.04 bits per heavy atom. The molecule has 4 aromatic carbocycles. The zero-order valence-corrected chi connectivity index (χ0v) is 116. The third-order valence-electron chi connectivity index (χ3n) is 9.52. The van der Waals surface area contributed by atoms with Crippen molar-refractivity contribution in [2.45, 2.75) is 75.1 Å². The molecular weight excluding hydrogens is 2850 g/mol. The van der Waals surface area contributed by atoms with Crippen molar-refractivity contribution in [2.75, 3.05) is 0 Å². The molecule has 8 heterocycles. The molecule has 0 N–H and O–H groups in total. The number of aromatic nitrogens is 2. The Balaban J connectivity index is -0.0000000613. The van der Waals surface area contributed by atoms with Gasteiger partial charge in [-0.2, -0.15) is 42.2 Å². The van der Waals surface area contributed by atoms with E-state index in [0.717, 1.165) is 101 Å². The number of aryl methyl sites for hydroxylation is 2. The van der Waals surface area contributed by atoms with Crippen LogP contribution in [0.5, 0.6) is 0 Å². The molecule has 0 amide bonds. The third kappa shape index (κ3) is 27.9. The van der Waals surface area contributed by atoms with Gasteiger partial charge in [-0.3, -0.25) is 9.15 Å². The number of fused-ring (bicyclic) bond motifs is 12. The van der Waals surface area contributed by atoms with Crippen LogP contribution in [0.4, 0.5) is 11.6 Å². The molecule has 1 atom stereocenters. The van der Waals surface area contributed by atoms with Crippen molar-refractivity contribution in [3.8, 4) is 0 Å². The first-order chi connectivity index (χ1) is 25.2. The van der Waals surface area contributed by atoms with Crippen molar-refractivity contribution in [3.63, 3.8) is 0 Å². The molecule has 1 unspecified atom stereocenters. The second kappa shape index (κ2) is 71.1. The van der Waals surface area contributed by atoms with E-state index >= 15 is 0 Å². The maximum absolute atomic E-state index is 5.40. The number of benzene rings is 4. The molecule has 12 rings (SSSR count). The first-order valence-corrected chi connectivity index (χ1v) is 18.1. The first-order valence-electron chi connectivity index (χ1n) is 18.1. The van der Waals surface area contributed by atoms with Crippen molar-refractivity contribution in [3.05, 3.63) is 129 Å². The summed E-state index contributed by atoms with van der Waals surface area (Å²) >= 11 is 0. The SMILES string of the molecule is CC.CC.CC.CC.Cc1cc[c-]c2c3n4c(c12)N=C1c2[c-]cc[c-]c2C2=[N+]1C41n4c(c5[c-]ccc(C)c5c4=N2)=NC2=[N+]1C(=N3)c1[c-]cc[c-]c12.[Y].[Y].[Y].[Y].[Y].[Y].[Y].[Y].[Y].[Y].[Y].[Y].[Y].[Y].[Y].[Y].[Y].[Y].[Y].[Y].[Y].[Y].[Y].[Y].[Y]. The van der Waals surface area contributed by atoms with Crippen LogP contribution in [0.1, 0.15) is 88.8 Å². The summed E-state index contributed by atoms with van der Waals surface area (Å²) in [5, 5.41) is 3.90. The van der Waals surface area contributed by atoms with Gasteiger partial charge in [-0.15, -0.1) is 47.5 Å². The molecule has 0 aliphatic carbocycles. The van der Waals surface area contributed by atoms with E-state index in [1.54, 1.807) is 0 Å². The molecule has 329 valence electrons. The average Bonchev–Trinajstić information content (AvgIpc) is 3.91. The molecule has 6 aromatic rings. The summed E-state index contributed by atoms with van der Waals surface area (Å²) in [7, 11) is 0. The average molecular weight is 2890 g/mol. The summed E-state index contributed by atoms with van der Waals surface area (Å²) < 4.78 is 8.98. The Labute approximate surface area is 1080 Å². The largest absolute Gasteiger partial charge is 0.352 e. The number of hydrogen-bond acceptors (Lipinski definition) is 4. The number of hydrogen-bond donors (Lipinski definition) is 0. The van der Waals surface area contributed by atoms with Gasteiger partial charge in [0, 0.05) is 818 Å². The Hall–Kier alpha value is 21.8. The van der Waals surface area contributed by atoms with Crippen LogP contribution in [0.3, 0.4) is 0 Å². The molecule has 6 aliphatic rings. The smallest absolute Gasteiger partial charge is 0.253 e. The topological polar surface area (TPSA) is 65.3 Å². The van der Waals surface area contributed by atoms with Gasteiger partial charge in [0.25, 0.3) is 0 Å². The molecule has 0 fully saturated rings. The first kappa shape index (κ1) is 144. The van der Waals surface area contributed by atoms with Gasteiger partial charge in [0.2, 0.25) is 0 Å². The molecule has 8 nitrogen and oxygen atoms in total. The van der Waals surface area contributed by atoms with Gasteiger partial charge in [0.05, 0.1) is 0 Å². The molecule has 25 radical (unpaired) electrons. The summed E-state index contributed by atoms with van der Waals surface area (Å²) in [5.41, 5.74) is 7.31. The van der Waals surface area contributed by atoms with E-state index in [1.165, 1.54) is 0 Å². The fourth-order valence-electron chi connectivity index (χ4n) is 7.91. The summed E-state index contributed by atoms with van der Waals surface area (Å²) in [5.74, 6) is 3.62. The second-order valence-corrected chi connectivity index (χ2v) is 11.5. The van der Waals surface area contributed by atoms with E-state index in [9.17, 15) is 0 Å². The van der Waals surface area contributed by atoms with Gasteiger partial charge >= 0.3 is 5.91 Å². The minimum Gasteiger partial charge on any atom is -0.253 e. The Morgan fingerprint density at radius 2 is 0.658 bits per heavy atom. The summed E-state index contributed by atoms with van der Waals surface area (Å²) in [6.07, 6.45) is 0. The van der Waals surface area contributed by atoms with E-state index in [2.05, 4.69) is 80.7 Å². The van der Waals surface area contributed by atoms with Crippen molar-refractivity contribution >= 4 is 56.5 Å². The maximum atomic E-state index is 5.40. The fraction of sp³-hybridized carbons (Fsp3) is 0.256. The number of nitrogens with zero attached hydrogens (tertiary/aromatic N) is 8. The van der Waals surface area contributed by atoms with Gasteiger partial charge in [-0.1, -0.05) is 80.0 Å². The van der Waals surface area contributed by atoms with E-state index in [0.29, 0.717) is 0 Å². The molecule has 76 heavy (non-hydrogen) atoms. The molecule has 2 aromatic heterocycles. The van der Waals surface area contributed by atoms with Crippen LogP contribution in [0.25, 0.3) is 21.5 Å². The van der Waals surface area contributed by atoms with Crippen LogP contribution >= 0.6 is 0 Å². The van der Waals surface area contributed by atoms with Crippen molar-refractivity contribution in [1.82, 2.24) is 9.13 Å². The van der Waals surface area contributed by atoms with Crippen LogP contribution in [0.2, 0.25) is 0 Å². The van der Waals surface area contributed by atoms with Gasteiger partial charge < -0.3 is 0 Å². The third-order valence-corrected chi connectivity index (χ3v) is 9.52. The van der Waals surface area contributed by atoms with Crippen molar-refractivity contribution in [2.24, 2.45) is 20.0 Å². The van der Waals surface area contributed by atoms with E-state index in [1.807, 2.05) is 91.8 Å². The van der Waals surface area contributed by atoms with Crippen LogP contribution in [-0.4, -0.2) is 41.6 Å². The second-order valence-electron chi connectivity index (χ2n) is 11.5. The van der Waals surface area contributed by atoms with Gasteiger partial charge in [0.15, 0.2) is 11.3 Å². The minimum atomic E-state index is -1.06. The van der Waals surface area contributed by atoms with Gasteiger partial charge in [-0.05, 0) is 10.8 Å². The summed E-state index contributed by atoms with van der Waals surface area (Å²) in [6, 6.07) is 36.6. The predicted octanol–water partition coefficient (Wildman–Crippen LogP) is 7.17. The number of aliphatic imine (C=N–C) groups is 2. The molecule has 6 aliphatic heterocycles. The summed E-state index contributed by atoms with van der Waals surface area (Å²) in [6.45, 7) is 20.2. The van der Waals surface area contributed by atoms with Crippen molar-refractivity contribution < 1.29 is 827 Å². The van der Waals surface area contributed by atoms with Crippen LogP contribution in [0.15, 0.2) is 68.5 Å². The number of rotatable bonds is 0. The Kier molecular flexibility index (Phi) is 135. The van der Waals surface area contributed by atoms with E-state index < -0.39 is 5.91 Å². The monoisotopic (exact) mass is 2890 g/mol. The Bertz CT molecular complexity index is 2820. The Morgan fingerprint density at radius 1 is 0.342 bits per heavy atom. The zero-order valence-electron chi connectivity index (χ0n) is 45.1. The van der Waals surface area contributed by atoms with E-state index in [-0.39, 0.29) is 818 Å². The zero-order chi connectivity index (χ0) is 35.9. The predicted molar refractivity (Wildman–Crippen MR) is 201 cm³/mol. The minimum absolute atomic E-state index is 0. The van der Waals surface area contributed by atoms with E-state index in [4.69, 9.17) is 20.0 Å². The standard InChI is InChI=1S/C35H14N8.4C2H6.25Y/c1-17-9-7-15-23-25(17)33-38-29-21-13-5-6-14-22(21)30-39-34-26-18(2)10-8-16-24(26)32-37-28-20-12-4-3-11-19(20)27-36-31(23)42(33)35(40(27)28,41(29)30)43(32)34;4*1-2;;;;;;;;;;;;;;;;;;;;;;;;;/h3-10H,1-2H3;4*1-2H3;;;;;;;;;;;;;;;;;;;;;;;;;/q-4;;;;;;;;;;;;;;;;;;;;;;;;;;;;;. The van der Waals surface area contributed by atoms with Crippen LogP contribution in [-0.2, 0) is 824 Å². The van der Waals surface area contributed by atoms with Crippen LogP contribution in [0, 0.1) is 50.2 Å². The normalized spacial score (nSPS) is 11.9. The molecule has 33 heteroatoms. The fourth-order valence-corrected chi connectivity index (χ4v) is 7.91. The van der Waals surface area contributed by atoms with Crippen molar-refractivity contribution in [1.29, 1.82) is 0 Å². The summed E-state index contributed by atoms with van der Waals surface area (Å²) in [4.78, 5) is 21.5. The molecule has 1 spiro atoms. The maximum Gasteiger partial charge on any atom is 0.352 e. The molecule has 0 saturated carbocycles.